The molecule has 14 heavy (non-hydrogen) atoms. The van der Waals surface area contributed by atoms with Gasteiger partial charge in [-0.15, -0.1) is 0 Å². The molecule has 0 N–H and O–H groups in total. The van der Waals surface area contributed by atoms with Crippen LogP contribution in [0.4, 0.5) is 0 Å². The van der Waals surface area contributed by atoms with Gasteiger partial charge in [-0.2, -0.15) is 0 Å². The van der Waals surface area contributed by atoms with Crippen molar-refractivity contribution in [2.24, 2.45) is 0 Å². The van der Waals surface area contributed by atoms with E-state index in [0.717, 1.165) is 17.0 Å². The van der Waals surface area contributed by atoms with Crippen molar-refractivity contribution in [1.82, 2.24) is 4.57 Å². The van der Waals surface area contributed by atoms with Crippen LogP contribution in [0.5, 0.6) is 0 Å². The predicted octanol–water partition coefficient (Wildman–Crippen LogP) is 2.18. The van der Waals surface area contributed by atoms with E-state index < -0.39 is 0 Å². The molecule has 2 rings (SSSR count). The van der Waals surface area contributed by atoms with Gasteiger partial charge >= 0.3 is 5.97 Å². The zero-order chi connectivity index (χ0) is 10.3. The number of aromatic nitrogens is 1. The summed E-state index contributed by atoms with van der Waals surface area (Å²) in [5, 5.41) is 0. The molecule has 0 saturated heterocycles. The van der Waals surface area contributed by atoms with Crippen LogP contribution in [-0.2, 0) is 11.3 Å². The molecule has 0 amide bonds. The monoisotopic (exact) mass is 191 g/mol. The van der Waals surface area contributed by atoms with Crippen molar-refractivity contribution in [3.05, 3.63) is 34.9 Å². The van der Waals surface area contributed by atoms with Gasteiger partial charge in [0, 0.05) is 5.69 Å². The van der Waals surface area contributed by atoms with Crippen molar-refractivity contribution in [3.63, 3.8) is 0 Å². The molecule has 1 aliphatic rings. The molecular weight excluding hydrogens is 178 g/mol. The van der Waals surface area contributed by atoms with Crippen LogP contribution in [0, 0.1) is 13.8 Å². The number of hydrogen-bond donors (Lipinski definition) is 0. The number of hydrogen-bond acceptors (Lipinski definition) is 2. The van der Waals surface area contributed by atoms with E-state index in [1.807, 2.05) is 37.5 Å². The predicted molar refractivity (Wildman–Crippen MR) is 53.1 cm³/mol. The Hall–Kier alpha value is -1.51. The normalized spacial score (nSPS) is 18.2. The van der Waals surface area contributed by atoms with E-state index in [2.05, 4.69) is 0 Å². The highest BCUT2D eigenvalue weighted by molar-refractivity contribution is 5.90. The fourth-order valence-corrected chi connectivity index (χ4v) is 1.66. The third-order valence-corrected chi connectivity index (χ3v) is 2.69. The fourth-order valence-electron chi connectivity index (χ4n) is 1.66. The molecule has 1 aromatic rings. The van der Waals surface area contributed by atoms with Gasteiger partial charge in [0.05, 0.1) is 6.54 Å². The topological polar surface area (TPSA) is 31.2 Å². The third-order valence-electron chi connectivity index (χ3n) is 2.69. The number of carbonyl (C=O) groups is 1. The van der Waals surface area contributed by atoms with Gasteiger partial charge in [-0.05, 0) is 38.5 Å². The van der Waals surface area contributed by atoms with Crippen LogP contribution in [0.1, 0.15) is 28.7 Å². The molecule has 0 radical (unpaired) electrons. The minimum absolute atomic E-state index is 0.249. The molecule has 3 nitrogen and oxygen atoms in total. The second kappa shape index (κ2) is 3.01. The van der Waals surface area contributed by atoms with Gasteiger partial charge in [0.1, 0.15) is 11.5 Å². The molecular formula is C11H13NO2. The zero-order valence-corrected chi connectivity index (χ0v) is 8.63. The number of carbonyl (C=O) groups excluding carboxylic acids is 1. The lowest BCUT2D eigenvalue weighted by molar-refractivity contribution is 0.0559. The highest BCUT2D eigenvalue weighted by atomic mass is 16.5. The van der Waals surface area contributed by atoms with E-state index in [4.69, 9.17) is 4.74 Å². The summed E-state index contributed by atoms with van der Waals surface area (Å²) in [4.78, 5) is 11.5. The number of rotatable bonds is 0. The number of esters is 1. The quantitative estimate of drug-likeness (QED) is 0.588. The lowest BCUT2D eigenvalue weighted by Gasteiger charge is -2.18. The summed E-state index contributed by atoms with van der Waals surface area (Å²) in [7, 11) is 0. The number of nitrogens with zero attached hydrogens (tertiary/aromatic N) is 1. The molecule has 0 unspecified atom stereocenters. The number of cyclic esters (lactones) is 1. The Morgan fingerprint density at radius 2 is 2.21 bits per heavy atom. The Morgan fingerprint density at radius 1 is 1.50 bits per heavy atom. The van der Waals surface area contributed by atoms with Crippen molar-refractivity contribution in [1.29, 1.82) is 0 Å². The van der Waals surface area contributed by atoms with Crippen LogP contribution in [0.15, 0.2) is 17.9 Å². The Kier molecular flexibility index (Phi) is 1.95. The van der Waals surface area contributed by atoms with Gasteiger partial charge in [0.15, 0.2) is 0 Å². The van der Waals surface area contributed by atoms with Crippen LogP contribution < -0.4 is 0 Å². The fraction of sp³-hybridized carbons (Fsp3) is 0.364. The highest BCUT2D eigenvalue weighted by Crippen LogP contribution is 2.22. The van der Waals surface area contributed by atoms with Gasteiger partial charge in [0.25, 0.3) is 0 Å². The largest absolute Gasteiger partial charge is 0.425 e. The van der Waals surface area contributed by atoms with Crippen molar-refractivity contribution >= 4 is 5.97 Å². The average Bonchev–Trinajstić information content (AvgIpc) is 2.45. The van der Waals surface area contributed by atoms with E-state index in [-0.39, 0.29) is 5.97 Å². The third kappa shape index (κ3) is 1.16. The molecule has 0 atom stereocenters. The van der Waals surface area contributed by atoms with Crippen molar-refractivity contribution in [2.75, 3.05) is 0 Å². The van der Waals surface area contributed by atoms with Crippen LogP contribution in [0.3, 0.4) is 0 Å². The second-order valence-corrected chi connectivity index (χ2v) is 3.53. The first-order chi connectivity index (χ1) is 6.63. The van der Waals surface area contributed by atoms with E-state index in [1.54, 1.807) is 0 Å². The summed E-state index contributed by atoms with van der Waals surface area (Å²) in [6, 6.07) is 1.88. The van der Waals surface area contributed by atoms with Crippen LogP contribution >= 0.6 is 0 Å². The maximum atomic E-state index is 11.5. The summed E-state index contributed by atoms with van der Waals surface area (Å²) in [6.45, 7) is 6.56. The SMILES string of the molecule is C/C=C1/Cn2c(cc(C)c2C)C(=O)O1. The Bertz CT molecular complexity index is 427. The number of ether oxygens (including phenoxy) is 1. The molecule has 0 fully saturated rings. The first-order valence-electron chi connectivity index (χ1n) is 4.67. The smallest absolute Gasteiger partial charge is 0.360 e. The van der Waals surface area contributed by atoms with Crippen molar-refractivity contribution in [2.45, 2.75) is 27.3 Å². The highest BCUT2D eigenvalue weighted by Gasteiger charge is 2.24. The Balaban J connectivity index is 2.56. The van der Waals surface area contributed by atoms with Gasteiger partial charge in [-0.1, -0.05) is 0 Å². The average molecular weight is 191 g/mol. The summed E-state index contributed by atoms with van der Waals surface area (Å²) in [6.07, 6.45) is 1.83. The molecule has 0 bridgehead atoms. The van der Waals surface area contributed by atoms with E-state index in [1.165, 1.54) is 0 Å². The Labute approximate surface area is 83.0 Å². The molecule has 2 heterocycles. The Morgan fingerprint density at radius 3 is 2.86 bits per heavy atom. The van der Waals surface area contributed by atoms with E-state index in [9.17, 15) is 4.79 Å². The maximum Gasteiger partial charge on any atom is 0.360 e. The molecule has 74 valence electrons. The molecule has 0 spiro atoms. The second-order valence-electron chi connectivity index (χ2n) is 3.53. The maximum absolute atomic E-state index is 11.5. The lowest BCUT2D eigenvalue weighted by Crippen LogP contribution is -2.21. The van der Waals surface area contributed by atoms with Crippen molar-refractivity contribution in [3.8, 4) is 0 Å². The number of aryl methyl sites for hydroxylation is 1. The molecule has 0 aliphatic carbocycles. The van der Waals surface area contributed by atoms with Gasteiger partial charge < -0.3 is 9.30 Å². The summed E-state index contributed by atoms with van der Waals surface area (Å²) < 4.78 is 7.13. The first-order valence-corrected chi connectivity index (χ1v) is 4.67. The van der Waals surface area contributed by atoms with Crippen LogP contribution in [-0.4, -0.2) is 10.5 Å². The van der Waals surface area contributed by atoms with E-state index in [0.29, 0.717) is 12.2 Å². The minimum atomic E-state index is -0.249. The van der Waals surface area contributed by atoms with Crippen molar-refractivity contribution < 1.29 is 9.53 Å². The zero-order valence-electron chi connectivity index (χ0n) is 8.63. The molecule has 0 aromatic carbocycles. The molecule has 3 heteroatoms. The van der Waals surface area contributed by atoms with Crippen LogP contribution in [0.25, 0.3) is 0 Å². The van der Waals surface area contributed by atoms with Gasteiger partial charge in [-0.25, -0.2) is 4.79 Å². The summed E-state index contributed by atoms with van der Waals surface area (Å²) in [5.74, 6) is 0.474. The van der Waals surface area contributed by atoms with Gasteiger partial charge in [-0.3, -0.25) is 0 Å². The molecule has 1 aliphatic heterocycles. The van der Waals surface area contributed by atoms with Crippen LogP contribution in [0.2, 0.25) is 0 Å². The van der Waals surface area contributed by atoms with E-state index >= 15 is 0 Å². The van der Waals surface area contributed by atoms with Gasteiger partial charge in [0.2, 0.25) is 0 Å². The number of fused-ring (bicyclic) bond motifs is 1. The number of allylic oxidation sites excluding steroid dienone is 2. The minimum Gasteiger partial charge on any atom is -0.425 e. The molecule has 1 aromatic heterocycles. The standard InChI is InChI=1S/C11H13NO2/c1-4-9-6-12-8(3)7(2)5-10(12)11(13)14-9/h4-5H,6H2,1-3H3/b9-4-. The summed E-state index contributed by atoms with van der Waals surface area (Å²) >= 11 is 0. The molecule has 0 saturated carbocycles. The lowest BCUT2D eigenvalue weighted by atomic mass is 10.3. The summed E-state index contributed by atoms with van der Waals surface area (Å²) in [5.41, 5.74) is 2.93. The first kappa shape index (κ1) is 9.06.